The van der Waals surface area contributed by atoms with Crippen molar-refractivity contribution >= 4 is 10.0 Å². The maximum absolute atomic E-state index is 11.8. The number of piperidine rings is 1. The van der Waals surface area contributed by atoms with Crippen molar-refractivity contribution in [2.24, 2.45) is 0 Å². The lowest BCUT2D eigenvalue weighted by molar-refractivity contribution is 0.0278. The van der Waals surface area contributed by atoms with Crippen LogP contribution in [0.5, 0.6) is 0 Å². The van der Waals surface area contributed by atoms with Crippen LogP contribution in [0.25, 0.3) is 0 Å². The first kappa shape index (κ1) is 13.0. The fourth-order valence-electron chi connectivity index (χ4n) is 2.99. The Morgan fingerprint density at radius 1 is 1.47 bits per heavy atom. The van der Waals surface area contributed by atoms with Crippen molar-refractivity contribution in [1.29, 1.82) is 0 Å². The maximum Gasteiger partial charge on any atom is 0.236 e. The second-order valence-corrected chi connectivity index (χ2v) is 7.28. The Labute approximate surface area is 112 Å². The van der Waals surface area contributed by atoms with Crippen LogP contribution < -0.4 is 0 Å². The Hall–Kier alpha value is -0.990. The van der Waals surface area contributed by atoms with Gasteiger partial charge >= 0.3 is 0 Å². The van der Waals surface area contributed by atoms with Gasteiger partial charge in [-0.25, -0.2) is 12.7 Å². The van der Waals surface area contributed by atoms with Gasteiger partial charge in [0.05, 0.1) is 17.8 Å². The van der Waals surface area contributed by atoms with Gasteiger partial charge in [-0.1, -0.05) is 5.16 Å². The summed E-state index contributed by atoms with van der Waals surface area (Å²) < 4.78 is 36.1. The van der Waals surface area contributed by atoms with E-state index in [2.05, 4.69) is 10.1 Å². The monoisotopic (exact) mass is 287 g/mol. The molecule has 19 heavy (non-hydrogen) atoms. The van der Waals surface area contributed by atoms with Crippen LogP contribution in [-0.4, -0.2) is 54.9 Å². The quantitative estimate of drug-likeness (QED) is 0.765. The molecule has 3 rings (SSSR count). The smallest absolute Gasteiger partial charge is 0.236 e. The second-order valence-electron chi connectivity index (χ2n) is 5.30. The predicted octanol–water partition coefficient (Wildman–Crippen LogP) is 0.0700. The fraction of sp³-hybridized carbons (Fsp3) is 0.818. The van der Waals surface area contributed by atoms with Crippen LogP contribution in [0.4, 0.5) is 0 Å². The lowest BCUT2D eigenvalue weighted by Crippen LogP contribution is -2.54. The van der Waals surface area contributed by atoms with E-state index in [0.717, 1.165) is 0 Å². The Balaban J connectivity index is 1.99. The van der Waals surface area contributed by atoms with Crippen LogP contribution in [0.2, 0.25) is 0 Å². The van der Waals surface area contributed by atoms with Gasteiger partial charge < -0.3 is 9.26 Å². The molecule has 0 saturated carbocycles. The third kappa shape index (κ3) is 2.07. The minimum absolute atomic E-state index is 0.0367. The number of ether oxygens (including phenoxy) is 1. The lowest BCUT2D eigenvalue weighted by Gasteiger charge is -2.39. The van der Waals surface area contributed by atoms with Gasteiger partial charge in [-0.3, -0.25) is 0 Å². The number of rotatable bonds is 2. The second kappa shape index (κ2) is 4.26. The number of sulfonamides is 1. The van der Waals surface area contributed by atoms with Crippen molar-refractivity contribution in [2.45, 2.75) is 31.3 Å². The first-order valence-electron chi connectivity index (χ1n) is 6.29. The summed E-state index contributed by atoms with van der Waals surface area (Å²) in [6.45, 7) is 3.20. The summed E-state index contributed by atoms with van der Waals surface area (Å²) in [4.78, 5) is 4.31. The van der Waals surface area contributed by atoms with E-state index in [4.69, 9.17) is 9.26 Å². The SMILES string of the molecule is Cc1noc([C@@]23CCO[C@@H]2CCN(S(C)(=O)=O)C3)n1. The van der Waals surface area contributed by atoms with Gasteiger partial charge in [-0.05, 0) is 19.8 Å². The molecule has 0 unspecified atom stereocenters. The van der Waals surface area contributed by atoms with Crippen LogP contribution in [-0.2, 0) is 20.2 Å². The summed E-state index contributed by atoms with van der Waals surface area (Å²) in [5.74, 6) is 1.06. The summed E-state index contributed by atoms with van der Waals surface area (Å²) in [7, 11) is -3.22. The molecular weight excluding hydrogens is 270 g/mol. The average Bonchev–Trinajstić information content (AvgIpc) is 2.93. The van der Waals surface area contributed by atoms with Crippen LogP contribution in [0.15, 0.2) is 4.52 Å². The molecule has 0 amide bonds. The number of fused-ring (bicyclic) bond motifs is 1. The standard InChI is InChI=1S/C11H17N3O4S/c1-8-12-10(18-13-8)11-4-6-17-9(11)3-5-14(7-11)19(2,15)16/h9H,3-7H2,1-2H3/t9-,11-/m1/s1. The maximum atomic E-state index is 11.8. The number of aromatic nitrogens is 2. The van der Waals surface area contributed by atoms with E-state index in [1.54, 1.807) is 6.92 Å². The highest BCUT2D eigenvalue weighted by molar-refractivity contribution is 7.88. The van der Waals surface area contributed by atoms with Gasteiger partial charge in [0.15, 0.2) is 5.82 Å². The summed E-state index contributed by atoms with van der Waals surface area (Å²) in [5, 5.41) is 3.82. The molecule has 0 aliphatic carbocycles. The van der Waals surface area contributed by atoms with Gasteiger partial charge in [0.25, 0.3) is 0 Å². The summed E-state index contributed by atoms with van der Waals surface area (Å²) in [6, 6.07) is 0. The molecule has 2 fully saturated rings. The van der Waals surface area contributed by atoms with Crippen LogP contribution in [0.3, 0.4) is 0 Å². The first-order valence-corrected chi connectivity index (χ1v) is 8.14. The number of aryl methyl sites for hydroxylation is 1. The number of nitrogens with zero attached hydrogens (tertiary/aromatic N) is 3. The zero-order valence-electron chi connectivity index (χ0n) is 11.0. The van der Waals surface area contributed by atoms with E-state index >= 15 is 0 Å². The lowest BCUT2D eigenvalue weighted by atomic mass is 9.77. The van der Waals surface area contributed by atoms with Gasteiger partial charge in [0.1, 0.15) is 0 Å². The highest BCUT2D eigenvalue weighted by atomic mass is 32.2. The molecule has 0 N–H and O–H groups in total. The van der Waals surface area contributed by atoms with Crippen molar-refractivity contribution < 1.29 is 17.7 Å². The Morgan fingerprint density at radius 2 is 2.26 bits per heavy atom. The predicted molar refractivity (Wildman–Crippen MR) is 66.1 cm³/mol. The van der Waals surface area contributed by atoms with E-state index in [-0.39, 0.29) is 6.10 Å². The first-order chi connectivity index (χ1) is 8.92. The van der Waals surface area contributed by atoms with Gasteiger partial charge in [-0.2, -0.15) is 4.98 Å². The van der Waals surface area contributed by atoms with Crippen molar-refractivity contribution in [1.82, 2.24) is 14.4 Å². The van der Waals surface area contributed by atoms with E-state index in [0.29, 0.717) is 44.3 Å². The molecule has 0 bridgehead atoms. The Bertz CT molecular complexity index is 585. The highest BCUT2D eigenvalue weighted by Gasteiger charge is 2.54. The minimum Gasteiger partial charge on any atom is -0.377 e. The largest absolute Gasteiger partial charge is 0.377 e. The van der Waals surface area contributed by atoms with Crippen LogP contribution >= 0.6 is 0 Å². The van der Waals surface area contributed by atoms with Gasteiger partial charge in [0, 0.05) is 19.7 Å². The van der Waals surface area contributed by atoms with Crippen molar-refractivity contribution in [2.75, 3.05) is 26.0 Å². The van der Waals surface area contributed by atoms with E-state index in [1.165, 1.54) is 10.6 Å². The number of hydrogen-bond acceptors (Lipinski definition) is 6. The van der Waals surface area contributed by atoms with Crippen molar-refractivity contribution in [3.05, 3.63) is 11.7 Å². The Kier molecular flexibility index (Phi) is 2.91. The molecular formula is C11H17N3O4S. The molecule has 7 nitrogen and oxygen atoms in total. The molecule has 2 atom stereocenters. The summed E-state index contributed by atoms with van der Waals surface area (Å²) >= 11 is 0. The third-order valence-electron chi connectivity index (χ3n) is 4.01. The summed E-state index contributed by atoms with van der Waals surface area (Å²) in [5.41, 5.74) is -0.484. The highest BCUT2D eigenvalue weighted by Crippen LogP contribution is 2.43. The van der Waals surface area contributed by atoms with Gasteiger partial charge in [-0.15, -0.1) is 0 Å². The normalized spacial score (nSPS) is 32.4. The molecule has 2 aliphatic rings. The molecule has 3 heterocycles. The zero-order valence-corrected chi connectivity index (χ0v) is 11.8. The molecule has 1 aromatic rings. The third-order valence-corrected chi connectivity index (χ3v) is 5.25. The fourth-order valence-corrected chi connectivity index (χ4v) is 3.90. The molecule has 0 radical (unpaired) electrons. The average molecular weight is 287 g/mol. The Morgan fingerprint density at radius 3 is 2.89 bits per heavy atom. The topological polar surface area (TPSA) is 85.5 Å². The number of hydrogen-bond donors (Lipinski definition) is 0. The molecule has 2 aliphatic heterocycles. The zero-order chi connectivity index (χ0) is 13.7. The van der Waals surface area contributed by atoms with Crippen LogP contribution in [0.1, 0.15) is 24.6 Å². The molecule has 0 spiro atoms. The van der Waals surface area contributed by atoms with Crippen LogP contribution in [0, 0.1) is 6.92 Å². The van der Waals surface area contributed by atoms with E-state index in [1.807, 2.05) is 0 Å². The molecule has 2 saturated heterocycles. The molecule has 8 heteroatoms. The van der Waals surface area contributed by atoms with Crippen molar-refractivity contribution in [3.63, 3.8) is 0 Å². The minimum atomic E-state index is -3.22. The van der Waals surface area contributed by atoms with E-state index in [9.17, 15) is 8.42 Å². The van der Waals surface area contributed by atoms with E-state index < -0.39 is 15.4 Å². The molecule has 1 aromatic heterocycles. The molecule has 0 aromatic carbocycles. The molecule has 106 valence electrons. The van der Waals surface area contributed by atoms with Crippen molar-refractivity contribution in [3.8, 4) is 0 Å². The van der Waals surface area contributed by atoms with Gasteiger partial charge in [0.2, 0.25) is 15.9 Å². The summed E-state index contributed by atoms with van der Waals surface area (Å²) in [6.07, 6.45) is 2.57.